The molecule has 0 spiro atoms. The number of carbonyl (C=O) groups excluding carboxylic acids is 1. The predicted molar refractivity (Wildman–Crippen MR) is 79.3 cm³/mol. The van der Waals surface area contributed by atoms with Crippen molar-refractivity contribution >= 4 is 6.29 Å². The molecular weight excluding hydrogens is 232 g/mol. The van der Waals surface area contributed by atoms with E-state index in [1.165, 1.54) is 5.56 Å². The van der Waals surface area contributed by atoms with Gasteiger partial charge < -0.3 is 4.79 Å². The van der Waals surface area contributed by atoms with E-state index in [1.807, 2.05) is 36.4 Å². The highest BCUT2D eigenvalue weighted by atomic mass is 16.1. The largest absolute Gasteiger partial charge is 0.303 e. The van der Waals surface area contributed by atoms with Crippen LogP contribution in [0.1, 0.15) is 42.7 Å². The molecule has 0 fully saturated rings. The summed E-state index contributed by atoms with van der Waals surface area (Å²) in [5.41, 5.74) is 2.47. The van der Waals surface area contributed by atoms with Crippen molar-refractivity contribution in [3.8, 4) is 0 Å². The molecule has 0 N–H and O–H groups in total. The second-order valence-corrected chi connectivity index (χ2v) is 5.04. The van der Waals surface area contributed by atoms with Gasteiger partial charge >= 0.3 is 0 Å². The van der Waals surface area contributed by atoms with Crippen molar-refractivity contribution in [1.29, 1.82) is 0 Å². The zero-order chi connectivity index (χ0) is 13.5. The van der Waals surface area contributed by atoms with Gasteiger partial charge in [-0.25, -0.2) is 0 Å². The van der Waals surface area contributed by atoms with Crippen molar-refractivity contribution in [2.24, 2.45) is 0 Å². The fraction of sp³-hybridized carbons (Fsp3) is 0.278. The number of carbonyl (C=O) groups is 1. The molecular formula is C18H20O. The Balaban J connectivity index is 1.96. The zero-order valence-electron chi connectivity index (χ0n) is 11.3. The molecule has 1 heteroatoms. The Kier molecular flexibility index (Phi) is 4.91. The van der Waals surface area contributed by atoms with Crippen molar-refractivity contribution in [2.75, 3.05) is 0 Å². The fourth-order valence-corrected chi connectivity index (χ4v) is 2.39. The highest BCUT2D eigenvalue weighted by Crippen LogP contribution is 2.26. The Hall–Kier alpha value is -1.89. The molecule has 0 aliphatic heterocycles. The summed E-state index contributed by atoms with van der Waals surface area (Å²) in [7, 11) is 0. The molecule has 2 unspecified atom stereocenters. The van der Waals surface area contributed by atoms with Crippen LogP contribution in [0.15, 0.2) is 60.7 Å². The van der Waals surface area contributed by atoms with Crippen LogP contribution >= 0.6 is 0 Å². The summed E-state index contributed by atoms with van der Waals surface area (Å²) in [6.07, 6.45) is 3.01. The van der Waals surface area contributed by atoms with Crippen LogP contribution in [-0.4, -0.2) is 6.29 Å². The fourth-order valence-electron chi connectivity index (χ4n) is 2.39. The molecule has 0 aliphatic rings. The van der Waals surface area contributed by atoms with Gasteiger partial charge in [-0.2, -0.15) is 0 Å². The first kappa shape index (κ1) is 13.5. The van der Waals surface area contributed by atoms with E-state index in [2.05, 4.69) is 31.2 Å². The SMILES string of the molecule is CC(CCC(C=O)c1ccccc1)c1ccccc1. The Bertz CT molecular complexity index is 490. The van der Waals surface area contributed by atoms with Gasteiger partial charge in [0.15, 0.2) is 0 Å². The Morgan fingerprint density at radius 3 is 1.89 bits per heavy atom. The molecule has 0 amide bonds. The summed E-state index contributed by atoms with van der Waals surface area (Å²) < 4.78 is 0. The molecule has 0 bridgehead atoms. The average molecular weight is 252 g/mol. The predicted octanol–water partition coefficient (Wildman–Crippen LogP) is 4.55. The summed E-state index contributed by atoms with van der Waals surface area (Å²) in [5.74, 6) is 0.514. The third-order valence-corrected chi connectivity index (χ3v) is 3.67. The van der Waals surface area contributed by atoms with E-state index in [1.54, 1.807) is 0 Å². The lowest BCUT2D eigenvalue weighted by atomic mass is 9.89. The van der Waals surface area contributed by atoms with E-state index in [4.69, 9.17) is 0 Å². The molecule has 0 aromatic heterocycles. The summed E-state index contributed by atoms with van der Waals surface area (Å²) >= 11 is 0. The molecule has 0 heterocycles. The molecule has 19 heavy (non-hydrogen) atoms. The second-order valence-electron chi connectivity index (χ2n) is 5.04. The van der Waals surface area contributed by atoms with Gasteiger partial charge in [0.05, 0.1) is 0 Å². The van der Waals surface area contributed by atoms with Crippen LogP contribution in [0.4, 0.5) is 0 Å². The van der Waals surface area contributed by atoms with Crippen molar-refractivity contribution in [1.82, 2.24) is 0 Å². The lowest BCUT2D eigenvalue weighted by Gasteiger charge is -2.15. The standard InChI is InChI=1S/C18H20O/c1-15(16-8-4-2-5-9-16)12-13-18(14-19)17-10-6-3-7-11-17/h2-11,14-15,18H,12-13H2,1H3. The Morgan fingerprint density at radius 2 is 1.37 bits per heavy atom. The molecule has 2 atom stereocenters. The van der Waals surface area contributed by atoms with Crippen LogP contribution in [0.3, 0.4) is 0 Å². The first-order chi connectivity index (χ1) is 9.31. The van der Waals surface area contributed by atoms with E-state index < -0.39 is 0 Å². The number of benzene rings is 2. The maximum Gasteiger partial charge on any atom is 0.127 e. The minimum Gasteiger partial charge on any atom is -0.303 e. The van der Waals surface area contributed by atoms with Gasteiger partial charge in [0.2, 0.25) is 0 Å². The maximum absolute atomic E-state index is 11.3. The van der Waals surface area contributed by atoms with Gasteiger partial charge in [0.1, 0.15) is 6.29 Å². The molecule has 0 aliphatic carbocycles. The first-order valence-corrected chi connectivity index (χ1v) is 6.86. The van der Waals surface area contributed by atoms with Crippen LogP contribution in [0, 0.1) is 0 Å². The molecule has 2 aromatic rings. The normalized spacial score (nSPS) is 13.7. The number of aldehydes is 1. The Labute approximate surface area is 115 Å². The van der Waals surface area contributed by atoms with E-state index >= 15 is 0 Å². The highest BCUT2D eigenvalue weighted by Gasteiger charge is 2.12. The molecule has 0 saturated heterocycles. The smallest absolute Gasteiger partial charge is 0.127 e. The van der Waals surface area contributed by atoms with E-state index in [0.29, 0.717) is 5.92 Å². The minimum atomic E-state index is 0.0207. The average Bonchev–Trinajstić information content (AvgIpc) is 2.49. The summed E-state index contributed by atoms with van der Waals surface area (Å²) in [6, 6.07) is 20.5. The van der Waals surface area contributed by atoms with Gasteiger partial charge in [0, 0.05) is 5.92 Å². The number of rotatable bonds is 6. The first-order valence-electron chi connectivity index (χ1n) is 6.86. The highest BCUT2D eigenvalue weighted by molar-refractivity contribution is 5.61. The lowest BCUT2D eigenvalue weighted by molar-refractivity contribution is -0.109. The van der Waals surface area contributed by atoms with Crippen LogP contribution in [-0.2, 0) is 4.79 Å². The number of hydrogen-bond acceptors (Lipinski definition) is 1. The minimum absolute atomic E-state index is 0.0207. The van der Waals surface area contributed by atoms with Crippen molar-refractivity contribution in [3.63, 3.8) is 0 Å². The van der Waals surface area contributed by atoms with Crippen LogP contribution in [0.25, 0.3) is 0 Å². The molecule has 98 valence electrons. The molecule has 2 rings (SSSR count). The van der Waals surface area contributed by atoms with Crippen molar-refractivity contribution < 1.29 is 4.79 Å². The quantitative estimate of drug-likeness (QED) is 0.689. The summed E-state index contributed by atoms with van der Waals surface area (Å²) in [6.45, 7) is 2.22. The topological polar surface area (TPSA) is 17.1 Å². The zero-order valence-corrected chi connectivity index (χ0v) is 11.3. The summed E-state index contributed by atoms with van der Waals surface area (Å²) in [5, 5.41) is 0. The van der Waals surface area contributed by atoms with E-state index in [0.717, 1.165) is 24.7 Å². The van der Waals surface area contributed by atoms with Gasteiger partial charge in [-0.1, -0.05) is 67.6 Å². The van der Waals surface area contributed by atoms with Gasteiger partial charge in [-0.05, 0) is 29.9 Å². The lowest BCUT2D eigenvalue weighted by Crippen LogP contribution is -2.03. The Morgan fingerprint density at radius 1 is 0.842 bits per heavy atom. The van der Waals surface area contributed by atoms with Gasteiger partial charge in [-0.3, -0.25) is 0 Å². The third-order valence-electron chi connectivity index (χ3n) is 3.67. The van der Waals surface area contributed by atoms with Crippen LogP contribution < -0.4 is 0 Å². The van der Waals surface area contributed by atoms with Crippen molar-refractivity contribution in [2.45, 2.75) is 31.6 Å². The van der Waals surface area contributed by atoms with Crippen LogP contribution in [0.5, 0.6) is 0 Å². The van der Waals surface area contributed by atoms with Gasteiger partial charge in [-0.15, -0.1) is 0 Å². The molecule has 0 radical (unpaired) electrons. The van der Waals surface area contributed by atoms with E-state index in [-0.39, 0.29) is 5.92 Å². The maximum atomic E-state index is 11.3. The van der Waals surface area contributed by atoms with Crippen molar-refractivity contribution in [3.05, 3.63) is 71.8 Å². The second kappa shape index (κ2) is 6.89. The monoisotopic (exact) mass is 252 g/mol. The van der Waals surface area contributed by atoms with Gasteiger partial charge in [0.25, 0.3) is 0 Å². The van der Waals surface area contributed by atoms with E-state index in [9.17, 15) is 4.79 Å². The molecule has 1 nitrogen and oxygen atoms in total. The van der Waals surface area contributed by atoms with Crippen LogP contribution in [0.2, 0.25) is 0 Å². The third kappa shape index (κ3) is 3.78. The molecule has 0 saturated carbocycles. The summed E-state index contributed by atoms with van der Waals surface area (Å²) in [4.78, 5) is 11.3. The molecule has 2 aromatic carbocycles. The number of hydrogen-bond donors (Lipinski definition) is 0.